The molecule has 0 radical (unpaired) electrons. The van der Waals surface area contributed by atoms with E-state index in [-0.39, 0.29) is 11.4 Å². The van der Waals surface area contributed by atoms with Crippen LogP contribution in [0.5, 0.6) is 5.75 Å². The van der Waals surface area contributed by atoms with Crippen molar-refractivity contribution < 1.29 is 9.50 Å². The molecule has 2 nitrogen and oxygen atoms in total. The second-order valence-electron chi connectivity index (χ2n) is 3.62. The van der Waals surface area contributed by atoms with Crippen molar-refractivity contribution in [3.05, 3.63) is 59.4 Å². The third-order valence-electron chi connectivity index (χ3n) is 2.52. The molecule has 0 bridgehead atoms. The minimum Gasteiger partial charge on any atom is -0.508 e. The maximum Gasteiger partial charge on any atom is 0.146 e. The van der Waals surface area contributed by atoms with Crippen LogP contribution in [-0.4, -0.2) is 5.11 Å². The van der Waals surface area contributed by atoms with Gasteiger partial charge in [-0.2, -0.15) is 0 Å². The van der Waals surface area contributed by atoms with E-state index in [1.807, 2.05) is 6.07 Å². The van der Waals surface area contributed by atoms with Crippen LogP contribution in [0.2, 0.25) is 0 Å². The Morgan fingerprint density at radius 3 is 2.44 bits per heavy atom. The Bertz CT molecular complexity index is 511. The number of para-hydroxylation sites is 2. The third kappa shape index (κ3) is 1.98. The first kappa shape index (κ1) is 10.5. The minimum absolute atomic E-state index is 0.144. The summed E-state index contributed by atoms with van der Waals surface area (Å²) in [7, 11) is 0. The van der Waals surface area contributed by atoms with Gasteiger partial charge in [-0.15, -0.1) is 0 Å². The zero-order valence-corrected chi connectivity index (χ0v) is 8.65. The number of phenolic OH excluding ortho intramolecular Hbond substituents is 1. The molecule has 2 rings (SSSR count). The normalized spacial score (nSPS) is 10.3. The number of halogens is 1. The minimum atomic E-state index is -0.423. The number of hydrogen-bond acceptors (Lipinski definition) is 2. The molecule has 2 aromatic rings. The molecule has 0 atom stereocenters. The highest BCUT2D eigenvalue weighted by Gasteiger charge is 2.07. The van der Waals surface area contributed by atoms with E-state index in [2.05, 4.69) is 0 Å². The van der Waals surface area contributed by atoms with Gasteiger partial charge < -0.3 is 10.8 Å². The molecule has 0 aliphatic carbocycles. The number of aromatic hydroxyl groups is 1. The number of nitrogen functional groups attached to an aromatic ring is 1. The average molecular weight is 217 g/mol. The third-order valence-corrected chi connectivity index (χ3v) is 2.52. The molecule has 0 fully saturated rings. The summed E-state index contributed by atoms with van der Waals surface area (Å²) in [5, 5.41) is 9.60. The lowest BCUT2D eigenvalue weighted by Crippen LogP contribution is -1.98. The molecule has 0 aliphatic heterocycles. The summed E-state index contributed by atoms with van der Waals surface area (Å²) in [4.78, 5) is 0. The van der Waals surface area contributed by atoms with Gasteiger partial charge in [-0.05, 0) is 23.3 Å². The number of rotatable bonds is 2. The second-order valence-corrected chi connectivity index (χ2v) is 3.62. The first-order chi connectivity index (χ1) is 7.68. The van der Waals surface area contributed by atoms with E-state index in [1.165, 1.54) is 6.07 Å². The maximum absolute atomic E-state index is 13.2. The van der Waals surface area contributed by atoms with Gasteiger partial charge in [0.15, 0.2) is 0 Å². The van der Waals surface area contributed by atoms with Crippen molar-refractivity contribution >= 4 is 5.69 Å². The second kappa shape index (κ2) is 4.23. The van der Waals surface area contributed by atoms with Crippen LogP contribution in [0.3, 0.4) is 0 Å². The zero-order valence-electron chi connectivity index (χ0n) is 8.65. The van der Waals surface area contributed by atoms with Gasteiger partial charge in [0.25, 0.3) is 0 Å². The Kier molecular flexibility index (Phi) is 2.77. The van der Waals surface area contributed by atoms with Crippen molar-refractivity contribution in [2.24, 2.45) is 0 Å². The standard InChI is InChI=1S/C13H12FNO/c14-11-6-3-5-10(13(11)15)8-9-4-1-2-7-12(9)16/h1-7,16H,8,15H2. The summed E-state index contributed by atoms with van der Waals surface area (Å²) in [6, 6.07) is 11.7. The lowest BCUT2D eigenvalue weighted by molar-refractivity contribution is 0.469. The van der Waals surface area contributed by atoms with Crippen LogP contribution in [-0.2, 0) is 6.42 Å². The molecule has 0 unspecified atom stereocenters. The molecule has 3 heteroatoms. The van der Waals surface area contributed by atoms with Crippen molar-refractivity contribution in [3.8, 4) is 5.75 Å². The van der Waals surface area contributed by atoms with Gasteiger partial charge in [0.2, 0.25) is 0 Å². The Labute approximate surface area is 93.2 Å². The Morgan fingerprint density at radius 2 is 1.69 bits per heavy atom. The SMILES string of the molecule is Nc1c(F)cccc1Cc1ccccc1O. The fourth-order valence-corrected chi connectivity index (χ4v) is 1.60. The average Bonchev–Trinajstić information content (AvgIpc) is 2.28. The summed E-state index contributed by atoms with van der Waals surface area (Å²) >= 11 is 0. The van der Waals surface area contributed by atoms with Crippen LogP contribution in [0.25, 0.3) is 0 Å². The van der Waals surface area contributed by atoms with E-state index in [0.29, 0.717) is 12.0 Å². The van der Waals surface area contributed by atoms with Crippen molar-refractivity contribution in [2.45, 2.75) is 6.42 Å². The molecule has 82 valence electrons. The molecular weight excluding hydrogens is 205 g/mol. The lowest BCUT2D eigenvalue weighted by Gasteiger charge is -2.07. The van der Waals surface area contributed by atoms with E-state index in [9.17, 15) is 9.50 Å². The number of phenols is 1. The molecule has 0 amide bonds. The first-order valence-corrected chi connectivity index (χ1v) is 4.98. The Morgan fingerprint density at radius 1 is 1.00 bits per heavy atom. The van der Waals surface area contributed by atoms with Gasteiger partial charge in [0, 0.05) is 6.42 Å². The van der Waals surface area contributed by atoms with Gasteiger partial charge in [-0.3, -0.25) is 0 Å². The first-order valence-electron chi connectivity index (χ1n) is 4.98. The monoisotopic (exact) mass is 217 g/mol. The fourth-order valence-electron chi connectivity index (χ4n) is 1.60. The van der Waals surface area contributed by atoms with Crippen LogP contribution < -0.4 is 5.73 Å². The summed E-state index contributed by atoms with van der Waals surface area (Å²) in [5.74, 6) is -0.223. The topological polar surface area (TPSA) is 46.2 Å². The number of hydrogen-bond donors (Lipinski definition) is 2. The highest BCUT2D eigenvalue weighted by molar-refractivity contribution is 5.51. The van der Waals surface area contributed by atoms with Crippen LogP contribution >= 0.6 is 0 Å². The molecule has 0 aromatic heterocycles. The van der Waals surface area contributed by atoms with Gasteiger partial charge >= 0.3 is 0 Å². The Hall–Kier alpha value is -2.03. The molecule has 0 aliphatic rings. The van der Waals surface area contributed by atoms with E-state index in [0.717, 1.165) is 5.56 Å². The highest BCUT2D eigenvalue weighted by Crippen LogP contribution is 2.23. The van der Waals surface area contributed by atoms with Crippen LogP contribution in [0.1, 0.15) is 11.1 Å². The highest BCUT2D eigenvalue weighted by atomic mass is 19.1. The largest absolute Gasteiger partial charge is 0.508 e. The van der Waals surface area contributed by atoms with Gasteiger partial charge in [-0.25, -0.2) is 4.39 Å². The fraction of sp³-hybridized carbons (Fsp3) is 0.0769. The Balaban J connectivity index is 2.35. The molecule has 0 saturated heterocycles. The molecule has 0 heterocycles. The number of nitrogens with two attached hydrogens (primary N) is 1. The predicted octanol–water partition coefficient (Wildman–Crippen LogP) is 2.70. The molecule has 2 aromatic carbocycles. The maximum atomic E-state index is 13.2. The van der Waals surface area contributed by atoms with Crippen molar-refractivity contribution in [1.82, 2.24) is 0 Å². The van der Waals surface area contributed by atoms with E-state index < -0.39 is 5.82 Å². The molecule has 3 N–H and O–H groups in total. The van der Waals surface area contributed by atoms with Crippen molar-refractivity contribution in [1.29, 1.82) is 0 Å². The summed E-state index contributed by atoms with van der Waals surface area (Å²) < 4.78 is 13.2. The summed E-state index contributed by atoms with van der Waals surface area (Å²) in [6.45, 7) is 0. The van der Waals surface area contributed by atoms with Gasteiger partial charge in [0.05, 0.1) is 5.69 Å². The number of benzene rings is 2. The summed E-state index contributed by atoms with van der Waals surface area (Å²) in [5.41, 5.74) is 7.19. The molecular formula is C13H12FNO. The van der Waals surface area contributed by atoms with Crippen LogP contribution in [0, 0.1) is 5.82 Å². The van der Waals surface area contributed by atoms with E-state index in [4.69, 9.17) is 5.73 Å². The van der Waals surface area contributed by atoms with Crippen LogP contribution in [0.15, 0.2) is 42.5 Å². The van der Waals surface area contributed by atoms with Crippen LogP contribution in [0.4, 0.5) is 10.1 Å². The van der Waals surface area contributed by atoms with E-state index >= 15 is 0 Å². The zero-order chi connectivity index (χ0) is 11.5. The smallest absolute Gasteiger partial charge is 0.146 e. The van der Waals surface area contributed by atoms with Crippen molar-refractivity contribution in [2.75, 3.05) is 5.73 Å². The molecule has 16 heavy (non-hydrogen) atoms. The summed E-state index contributed by atoms with van der Waals surface area (Å²) in [6.07, 6.45) is 0.427. The number of anilines is 1. The van der Waals surface area contributed by atoms with E-state index in [1.54, 1.807) is 30.3 Å². The van der Waals surface area contributed by atoms with Gasteiger partial charge in [0.1, 0.15) is 11.6 Å². The van der Waals surface area contributed by atoms with Crippen molar-refractivity contribution in [3.63, 3.8) is 0 Å². The quantitative estimate of drug-likeness (QED) is 0.760. The molecule has 0 spiro atoms. The predicted molar refractivity (Wildman–Crippen MR) is 61.7 cm³/mol. The molecule has 0 saturated carbocycles. The van der Waals surface area contributed by atoms with Gasteiger partial charge in [-0.1, -0.05) is 30.3 Å². The lowest BCUT2D eigenvalue weighted by atomic mass is 10.0.